The van der Waals surface area contributed by atoms with Crippen molar-refractivity contribution in [2.45, 2.75) is 26.6 Å². The minimum atomic E-state index is -0.871. The Morgan fingerprint density at radius 1 is 1.53 bits per heavy atom. The first-order valence-corrected chi connectivity index (χ1v) is 4.62. The van der Waals surface area contributed by atoms with Crippen molar-refractivity contribution in [3.8, 4) is 0 Å². The molecule has 82 valence electrons. The van der Waals surface area contributed by atoms with Crippen LogP contribution in [0.4, 0.5) is 8.78 Å². The van der Waals surface area contributed by atoms with Gasteiger partial charge in [0.15, 0.2) is 5.78 Å². The van der Waals surface area contributed by atoms with Crippen molar-refractivity contribution in [2.75, 3.05) is 0 Å². The lowest BCUT2D eigenvalue weighted by Crippen LogP contribution is -2.26. The summed E-state index contributed by atoms with van der Waals surface area (Å²) in [6, 6.07) is 1.82. The average molecular weight is 213 g/mol. The van der Waals surface area contributed by atoms with E-state index in [4.69, 9.17) is 5.73 Å². The fraction of sp³-hybridized carbons (Fsp3) is 0.364. The van der Waals surface area contributed by atoms with E-state index in [-0.39, 0.29) is 16.9 Å². The SMILES string of the molecule is Cc1cc(C(=O)C(C)N)cc(F)c1CF. The van der Waals surface area contributed by atoms with Gasteiger partial charge in [-0.2, -0.15) is 0 Å². The number of carbonyl (C=O) groups excluding carboxylic acids is 1. The maximum absolute atomic E-state index is 13.3. The van der Waals surface area contributed by atoms with Gasteiger partial charge < -0.3 is 5.73 Å². The Balaban J connectivity index is 3.20. The Morgan fingerprint density at radius 2 is 2.13 bits per heavy atom. The molecule has 0 saturated carbocycles. The largest absolute Gasteiger partial charge is 0.321 e. The van der Waals surface area contributed by atoms with Gasteiger partial charge in [-0.05, 0) is 31.5 Å². The molecular weight excluding hydrogens is 200 g/mol. The molecule has 0 aromatic heterocycles. The summed E-state index contributed by atoms with van der Waals surface area (Å²) < 4.78 is 25.7. The molecule has 2 N–H and O–H groups in total. The molecule has 4 heteroatoms. The molecule has 1 rings (SSSR count). The zero-order valence-corrected chi connectivity index (χ0v) is 8.68. The maximum atomic E-state index is 13.3. The molecule has 15 heavy (non-hydrogen) atoms. The highest BCUT2D eigenvalue weighted by molar-refractivity contribution is 5.99. The number of halogens is 2. The molecule has 1 atom stereocenters. The Hall–Kier alpha value is -1.29. The standard InChI is InChI=1S/C11H13F2NO/c1-6-3-8(11(15)7(2)14)4-10(13)9(6)5-12/h3-4,7H,5,14H2,1-2H3. The second-order valence-electron chi connectivity index (χ2n) is 3.54. The Kier molecular flexibility index (Phi) is 3.52. The third-order valence-corrected chi connectivity index (χ3v) is 2.25. The molecule has 0 amide bonds. The monoisotopic (exact) mass is 213 g/mol. The maximum Gasteiger partial charge on any atom is 0.179 e. The highest BCUT2D eigenvalue weighted by Crippen LogP contribution is 2.18. The van der Waals surface area contributed by atoms with E-state index in [0.717, 1.165) is 6.07 Å². The molecule has 0 heterocycles. The van der Waals surface area contributed by atoms with Gasteiger partial charge >= 0.3 is 0 Å². The van der Waals surface area contributed by atoms with E-state index in [0.29, 0.717) is 5.56 Å². The van der Waals surface area contributed by atoms with Crippen molar-refractivity contribution in [3.63, 3.8) is 0 Å². The second kappa shape index (κ2) is 4.49. The van der Waals surface area contributed by atoms with Gasteiger partial charge in [0.05, 0.1) is 6.04 Å². The van der Waals surface area contributed by atoms with Crippen LogP contribution in [0.3, 0.4) is 0 Å². The van der Waals surface area contributed by atoms with Gasteiger partial charge in [-0.15, -0.1) is 0 Å². The summed E-state index contributed by atoms with van der Waals surface area (Å²) in [5.41, 5.74) is 6.01. The number of ketones is 1. The third kappa shape index (κ3) is 2.39. The predicted octanol–water partition coefficient (Wildman–Crippen LogP) is 2.13. The molecule has 0 fully saturated rings. The summed E-state index contributed by atoms with van der Waals surface area (Å²) in [6.07, 6.45) is 0. The van der Waals surface area contributed by atoms with Gasteiger partial charge in [0.1, 0.15) is 12.5 Å². The number of nitrogens with two attached hydrogens (primary N) is 1. The second-order valence-corrected chi connectivity index (χ2v) is 3.54. The highest BCUT2D eigenvalue weighted by Gasteiger charge is 2.15. The smallest absolute Gasteiger partial charge is 0.179 e. The van der Waals surface area contributed by atoms with Crippen LogP contribution < -0.4 is 5.73 Å². The number of rotatable bonds is 3. The molecule has 1 unspecified atom stereocenters. The van der Waals surface area contributed by atoms with Crippen LogP contribution >= 0.6 is 0 Å². The van der Waals surface area contributed by atoms with E-state index in [1.54, 1.807) is 6.92 Å². The summed E-state index contributed by atoms with van der Waals surface area (Å²) in [7, 11) is 0. The van der Waals surface area contributed by atoms with Crippen LogP contribution in [-0.4, -0.2) is 11.8 Å². The number of carbonyl (C=O) groups is 1. The van der Waals surface area contributed by atoms with Gasteiger partial charge in [0, 0.05) is 11.1 Å². The van der Waals surface area contributed by atoms with Crippen LogP contribution in [0.1, 0.15) is 28.4 Å². The molecular formula is C11H13F2NO. The fourth-order valence-electron chi connectivity index (χ4n) is 1.35. The molecule has 1 aromatic carbocycles. The van der Waals surface area contributed by atoms with E-state index in [1.807, 2.05) is 0 Å². The molecule has 2 nitrogen and oxygen atoms in total. The Bertz CT molecular complexity index is 365. The number of hydrogen-bond donors (Lipinski definition) is 1. The zero-order chi connectivity index (χ0) is 11.6. The summed E-state index contributed by atoms with van der Waals surface area (Å²) >= 11 is 0. The number of hydrogen-bond acceptors (Lipinski definition) is 2. The lowest BCUT2D eigenvalue weighted by atomic mass is 10.00. The van der Waals surface area contributed by atoms with Crippen molar-refractivity contribution >= 4 is 5.78 Å². The lowest BCUT2D eigenvalue weighted by molar-refractivity contribution is 0.0967. The van der Waals surface area contributed by atoms with E-state index in [2.05, 4.69) is 0 Å². The Labute approximate surface area is 87.1 Å². The van der Waals surface area contributed by atoms with Gasteiger partial charge in [-0.25, -0.2) is 8.78 Å². The first kappa shape index (κ1) is 11.8. The van der Waals surface area contributed by atoms with E-state index in [1.165, 1.54) is 13.0 Å². The molecule has 0 aliphatic heterocycles. The van der Waals surface area contributed by atoms with Gasteiger partial charge in [0.2, 0.25) is 0 Å². The molecule has 0 aliphatic rings. The number of aryl methyl sites for hydroxylation is 1. The van der Waals surface area contributed by atoms with Crippen LogP contribution in [0.5, 0.6) is 0 Å². The van der Waals surface area contributed by atoms with Crippen LogP contribution in [0.15, 0.2) is 12.1 Å². The van der Waals surface area contributed by atoms with Crippen molar-refractivity contribution < 1.29 is 13.6 Å². The van der Waals surface area contributed by atoms with E-state index >= 15 is 0 Å². The van der Waals surface area contributed by atoms with Crippen LogP contribution in [-0.2, 0) is 6.67 Å². The summed E-state index contributed by atoms with van der Waals surface area (Å²) in [6.45, 7) is 2.22. The van der Waals surface area contributed by atoms with Crippen molar-refractivity contribution in [3.05, 3.63) is 34.6 Å². The van der Waals surface area contributed by atoms with E-state index in [9.17, 15) is 13.6 Å². The Morgan fingerprint density at radius 3 is 2.53 bits per heavy atom. The highest BCUT2D eigenvalue weighted by atomic mass is 19.1. The number of benzene rings is 1. The van der Waals surface area contributed by atoms with Crippen molar-refractivity contribution in [1.82, 2.24) is 0 Å². The molecule has 0 radical (unpaired) electrons. The number of alkyl halides is 1. The zero-order valence-electron chi connectivity index (χ0n) is 8.68. The average Bonchev–Trinajstić information content (AvgIpc) is 2.15. The minimum absolute atomic E-state index is 0.00350. The van der Waals surface area contributed by atoms with Gasteiger partial charge in [-0.3, -0.25) is 4.79 Å². The minimum Gasteiger partial charge on any atom is -0.321 e. The summed E-state index contributed by atoms with van der Waals surface area (Å²) in [5.74, 6) is -1.04. The first-order valence-electron chi connectivity index (χ1n) is 4.62. The van der Waals surface area contributed by atoms with Crippen molar-refractivity contribution in [2.24, 2.45) is 5.73 Å². The van der Waals surface area contributed by atoms with Gasteiger partial charge in [-0.1, -0.05) is 0 Å². The normalized spacial score (nSPS) is 12.6. The molecule has 0 bridgehead atoms. The molecule has 0 spiro atoms. The van der Waals surface area contributed by atoms with E-state index < -0.39 is 18.5 Å². The predicted molar refractivity (Wildman–Crippen MR) is 53.9 cm³/mol. The van der Waals surface area contributed by atoms with Crippen LogP contribution in [0.2, 0.25) is 0 Å². The van der Waals surface area contributed by atoms with Crippen LogP contribution in [0.25, 0.3) is 0 Å². The van der Waals surface area contributed by atoms with Gasteiger partial charge in [0.25, 0.3) is 0 Å². The van der Waals surface area contributed by atoms with Crippen molar-refractivity contribution in [1.29, 1.82) is 0 Å². The molecule has 0 saturated heterocycles. The van der Waals surface area contributed by atoms with Crippen LogP contribution in [0, 0.1) is 12.7 Å². The first-order chi connectivity index (χ1) is 6.97. The number of Topliss-reactive ketones (excluding diaryl/α,β-unsaturated/α-hetero) is 1. The molecule has 0 aliphatic carbocycles. The molecule has 1 aromatic rings. The summed E-state index contributed by atoms with van der Waals surface area (Å²) in [5, 5.41) is 0. The quantitative estimate of drug-likeness (QED) is 0.781. The third-order valence-electron chi connectivity index (χ3n) is 2.25. The lowest BCUT2D eigenvalue weighted by Gasteiger charge is -2.08. The fourth-order valence-corrected chi connectivity index (χ4v) is 1.35. The topological polar surface area (TPSA) is 43.1 Å². The summed E-state index contributed by atoms with van der Waals surface area (Å²) in [4.78, 5) is 11.5.